The Hall–Kier alpha value is -2.76. The lowest BCUT2D eigenvalue weighted by Crippen LogP contribution is -2.39. The predicted octanol–water partition coefficient (Wildman–Crippen LogP) is 3.79. The number of ether oxygens (including phenoxy) is 2. The molecule has 0 spiro atoms. The SMILES string of the molecule is CC(C)[C@H](NC(=O)NCc1ccc2c(c1)OCCO2)c1ccc(F)cc1. The Bertz CT molecular complexity index is 762. The molecule has 3 rings (SSSR count). The zero-order chi connectivity index (χ0) is 18.5. The van der Waals surface area contributed by atoms with E-state index in [2.05, 4.69) is 10.6 Å². The Morgan fingerprint density at radius 2 is 1.77 bits per heavy atom. The smallest absolute Gasteiger partial charge is 0.315 e. The first-order chi connectivity index (χ1) is 12.5. The lowest BCUT2D eigenvalue weighted by Gasteiger charge is -2.23. The Morgan fingerprint density at radius 1 is 1.08 bits per heavy atom. The van der Waals surface area contributed by atoms with Gasteiger partial charge in [0, 0.05) is 6.54 Å². The Balaban J connectivity index is 1.59. The maximum absolute atomic E-state index is 13.1. The van der Waals surface area contributed by atoms with E-state index >= 15 is 0 Å². The van der Waals surface area contributed by atoms with Crippen LogP contribution >= 0.6 is 0 Å². The highest BCUT2D eigenvalue weighted by Gasteiger charge is 2.18. The summed E-state index contributed by atoms with van der Waals surface area (Å²) in [7, 11) is 0. The third-order valence-corrected chi connectivity index (χ3v) is 4.24. The number of carbonyl (C=O) groups is 1. The van der Waals surface area contributed by atoms with Crippen molar-refractivity contribution in [3.05, 3.63) is 59.4 Å². The summed E-state index contributed by atoms with van der Waals surface area (Å²) >= 11 is 0. The van der Waals surface area contributed by atoms with Crippen LogP contribution < -0.4 is 20.1 Å². The Labute approximate surface area is 152 Å². The molecular weight excluding hydrogens is 335 g/mol. The molecule has 0 unspecified atom stereocenters. The molecule has 2 aromatic rings. The number of halogens is 1. The second-order valence-electron chi connectivity index (χ2n) is 6.58. The number of urea groups is 1. The maximum atomic E-state index is 13.1. The molecule has 1 heterocycles. The van der Waals surface area contributed by atoms with Gasteiger partial charge in [-0.2, -0.15) is 0 Å². The Kier molecular flexibility index (Phi) is 5.61. The fourth-order valence-corrected chi connectivity index (χ4v) is 2.88. The summed E-state index contributed by atoms with van der Waals surface area (Å²) < 4.78 is 24.2. The molecule has 2 N–H and O–H groups in total. The van der Waals surface area contributed by atoms with Crippen LogP contribution in [-0.2, 0) is 6.54 Å². The number of rotatable bonds is 5. The van der Waals surface area contributed by atoms with Gasteiger partial charge in [-0.3, -0.25) is 0 Å². The molecule has 26 heavy (non-hydrogen) atoms. The van der Waals surface area contributed by atoms with Gasteiger partial charge in [-0.05, 0) is 41.3 Å². The number of hydrogen-bond acceptors (Lipinski definition) is 3. The molecule has 1 aliphatic rings. The lowest BCUT2D eigenvalue weighted by atomic mass is 9.96. The van der Waals surface area contributed by atoms with Gasteiger partial charge in [-0.15, -0.1) is 0 Å². The van der Waals surface area contributed by atoms with E-state index in [9.17, 15) is 9.18 Å². The molecule has 2 aromatic carbocycles. The summed E-state index contributed by atoms with van der Waals surface area (Å²) in [6.45, 7) is 5.46. The molecule has 0 fully saturated rings. The second kappa shape index (κ2) is 8.08. The van der Waals surface area contributed by atoms with E-state index in [1.165, 1.54) is 12.1 Å². The fraction of sp³-hybridized carbons (Fsp3) is 0.350. The van der Waals surface area contributed by atoms with E-state index in [1.807, 2.05) is 32.0 Å². The first-order valence-electron chi connectivity index (χ1n) is 8.71. The average Bonchev–Trinajstić information content (AvgIpc) is 2.65. The van der Waals surface area contributed by atoms with Crippen LogP contribution in [0.25, 0.3) is 0 Å². The number of benzene rings is 2. The minimum absolute atomic E-state index is 0.167. The maximum Gasteiger partial charge on any atom is 0.315 e. The van der Waals surface area contributed by atoms with Crippen molar-refractivity contribution in [1.82, 2.24) is 10.6 Å². The van der Waals surface area contributed by atoms with Crippen molar-refractivity contribution in [3.63, 3.8) is 0 Å². The van der Waals surface area contributed by atoms with Crippen molar-refractivity contribution in [2.75, 3.05) is 13.2 Å². The summed E-state index contributed by atoms with van der Waals surface area (Å²) in [5.74, 6) is 1.29. The van der Waals surface area contributed by atoms with Gasteiger partial charge in [0.05, 0.1) is 6.04 Å². The first kappa shape index (κ1) is 18.0. The van der Waals surface area contributed by atoms with Crippen molar-refractivity contribution in [1.29, 1.82) is 0 Å². The summed E-state index contributed by atoms with van der Waals surface area (Å²) in [5.41, 5.74) is 1.79. The molecule has 1 aliphatic heterocycles. The molecule has 0 aliphatic carbocycles. The van der Waals surface area contributed by atoms with Crippen LogP contribution in [0.15, 0.2) is 42.5 Å². The molecule has 2 amide bonds. The predicted molar refractivity (Wildman–Crippen MR) is 96.8 cm³/mol. The van der Waals surface area contributed by atoms with E-state index in [0.717, 1.165) is 16.9 Å². The van der Waals surface area contributed by atoms with Gasteiger partial charge in [-0.25, -0.2) is 9.18 Å². The summed E-state index contributed by atoms with van der Waals surface area (Å²) in [6, 6.07) is 11.3. The molecule has 0 bridgehead atoms. The fourth-order valence-electron chi connectivity index (χ4n) is 2.88. The standard InChI is InChI=1S/C20H23FN2O3/c1-13(2)19(15-4-6-16(21)7-5-15)23-20(24)22-12-14-3-8-17-18(11-14)26-10-9-25-17/h3-8,11,13,19H,9-10,12H2,1-2H3,(H2,22,23,24)/t19-/m0/s1. The number of fused-ring (bicyclic) bond motifs is 1. The zero-order valence-corrected chi connectivity index (χ0v) is 14.9. The van der Waals surface area contributed by atoms with Gasteiger partial charge in [0.1, 0.15) is 19.0 Å². The summed E-state index contributed by atoms with van der Waals surface area (Å²) in [5, 5.41) is 5.81. The molecule has 1 atom stereocenters. The van der Waals surface area contributed by atoms with Gasteiger partial charge in [-0.1, -0.05) is 32.0 Å². The molecule has 6 heteroatoms. The van der Waals surface area contributed by atoms with Crippen LogP contribution in [0.4, 0.5) is 9.18 Å². The van der Waals surface area contributed by atoms with Crippen molar-refractivity contribution >= 4 is 6.03 Å². The topological polar surface area (TPSA) is 59.6 Å². The Morgan fingerprint density at radius 3 is 2.46 bits per heavy atom. The minimum atomic E-state index is -0.292. The van der Waals surface area contributed by atoms with Gasteiger partial charge >= 0.3 is 6.03 Å². The van der Waals surface area contributed by atoms with E-state index in [1.54, 1.807) is 12.1 Å². The molecule has 0 radical (unpaired) electrons. The number of hydrogen-bond donors (Lipinski definition) is 2. The van der Waals surface area contributed by atoms with Crippen molar-refractivity contribution in [2.45, 2.75) is 26.4 Å². The van der Waals surface area contributed by atoms with Crippen molar-refractivity contribution < 1.29 is 18.7 Å². The highest BCUT2D eigenvalue weighted by molar-refractivity contribution is 5.74. The molecule has 138 valence electrons. The van der Waals surface area contributed by atoms with Crippen molar-refractivity contribution in [3.8, 4) is 11.5 Å². The molecule has 5 nitrogen and oxygen atoms in total. The third-order valence-electron chi connectivity index (χ3n) is 4.24. The van der Waals surface area contributed by atoms with Gasteiger partial charge < -0.3 is 20.1 Å². The monoisotopic (exact) mass is 358 g/mol. The van der Waals surface area contributed by atoms with E-state index in [4.69, 9.17) is 9.47 Å². The number of amides is 2. The number of carbonyl (C=O) groups excluding carboxylic acids is 1. The highest BCUT2D eigenvalue weighted by Crippen LogP contribution is 2.30. The van der Waals surface area contributed by atoms with E-state index in [0.29, 0.717) is 25.5 Å². The second-order valence-corrected chi connectivity index (χ2v) is 6.58. The molecule has 0 saturated heterocycles. The molecular formula is C20H23FN2O3. The summed E-state index contributed by atoms with van der Waals surface area (Å²) in [4.78, 5) is 12.3. The van der Waals surface area contributed by atoms with Crippen LogP contribution in [0.3, 0.4) is 0 Å². The van der Waals surface area contributed by atoms with Crippen LogP contribution in [0.2, 0.25) is 0 Å². The van der Waals surface area contributed by atoms with Crippen LogP contribution in [0.1, 0.15) is 31.0 Å². The molecule has 0 aromatic heterocycles. The van der Waals surface area contributed by atoms with E-state index in [-0.39, 0.29) is 23.8 Å². The van der Waals surface area contributed by atoms with Crippen LogP contribution in [-0.4, -0.2) is 19.2 Å². The first-order valence-corrected chi connectivity index (χ1v) is 8.71. The lowest BCUT2D eigenvalue weighted by molar-refractivity contribution is 0.171. The summed E-state index contributed by atoms with van der Waals surface area (Å²) in [6.07, 6.45) is 0. The average molecular weight is 358 g/mol. The largest absolute Gasteiger partial charge is 0.486 e. The zero-order valence-electron chi connectivity index (χ0n) is 14.9. The highest BCUT2D eigenvalue weighted by atomic mass is 19.1. The van der Waals surface area contributed by atoms with Gasteiger partial charge in [0.15, 0.2) is 11.5 Å². The van der Waals surface area contributed by atoms with Gasteiger partial charge in [0.2, 0.25) is 0 Å². The van der Waals surface area contributed by atoms with Crippen LogP contribution in [0.5, 0.6) is 11.5 Å². The van der Waals surface area contributed by atoms with Gasteiger partial charge in [0.25, 0.3) is 0 Å². The van der Waals surface area contributed by atoms with Crippen LogP contribution in [0, 0.1) is 11.7 Å². The number of nitrogens with one attached hydrogen (secondary N) is 2. The minimum Gasteiger partial charge on any atom is -0.486 e. The van der Waals surface area contributed by atoms with Crippen molar-refractivity contribution in [2.24, 2.45) is 5.92 Å². The third kappa shape index (κ3) is 4.45. The van der Waals surface area contributed by atoms with E-state index < -0.39 is 0 Å². The normalized spacial score (nSPS) is 14.0. The molecule has 0 saturated carbocycles. The quantitative estimate of drug-likeness (QED) is 0.855.